The molecule has 8 heteroatoms. The van der Waals surface area contributed by atoms with E-state index in [0.29, 0.717) is 51.3 Å². The molecular formula is C27H30N4O4. The van der Waals surface area contributed by atoms with Crippen molar-refractivity contribution in [2.45, 2.75) is 38.6 Å². The van der Waals surface area contributed by atoms with Crippen LogP contribution in [0.15, 0.2) is 60.9 Å². The quantitative estimate of drug-likeness (QED) is 0.592. The van der Waals surface area contributed by atoms with Crippen molar-refractivity contribution in [1.29, 1.82) is 0 Å². The van der Waals surface area contributed by atoms with Gasteiger partial charge in [-0.2, -0.15) is 0 Å². The Kier molecular flexibility index (Phi) is 6.81. The van der Waals surface area contributed by atoms with Crippen LogP contribution in [0.3, 0.4) is 0 Å². The lowest BCUT2D eigenvalue weighted by molar-refractivity contribution is -0.126. The topological polar surface area (TPSA) is 85.7 Å². The van der Waals surface area contributed by atoms with Crippen LogP contribution in [0.25, 0.3) is 0 Å². The van der Waals surface area contributed by atoms with Gasteiger partial charge in [0.25, 0.3) is 5.91 Å². The zero-order valence-electron chi connectivity index (χ0n) is 19.9. The lowest BCUT2D eigenvalue weighted by Gasteiger charge is -2.31. The molecule has 2 aliphatic heterocycles. The van der Waals surface area contributed by atoms with E-state index in [1.807, 2.05) is 59.2 Å². The van der Waals surface area contributed by atoms with Gasteiger partial charge < -0.3 is 24.3 Å². The summed E-state index contributed by atoms with van der Waals surface area (Å²) in [4.78, 5) is 32.1. The molecule has 8 nitrogen and oxygen atoms in total. The van der Waals surface area contributed by atoms with Crippen LogP contribution in [0, 0.1) is 5.92 Å². The van der Waals surface area contributed by atoms with E-state index < -0.39 is 0 Å². The summed E-state index contributed by atoms with van der Waals surface area (Å²) in [6.45, 7) is 2.55. The Balaban J connectivity index is 1.16. The van der Waals surface area contributed by atoms with Crippen molar-refractivity contribution in [3.8, 4) is 5.75 Å². The molecule has 1 atom stereocenters. The molecule has 0 aliphatic carbocycles. The van der Waals surface area contributed by atoms with Crippen molar-refractivity contribution in [3.05, 3.63) is 83.4 Å². The smallest absolute Gasteiger partial charge is 0.274 e. The number of likely N-dealkylation sites (tertiary alicyclic amines) is 1. The number of fused-ring (bicyclic) bond motifs is 1. The molecule has 0 spiro atoms. The average molecular weight is 475 g/mol. The summed E-state index contributed by atoms with van der Waals surface area (Å²) >= 11 is 0. The number of benzene rings is 2. The van der Waals surface area contributed by atoms with Crippen LogP contribution in [0.1, 0.15) is 46.3 Å². The molecular weight excluding hydrogens is 444 g/mol. The van der Waals surface area contributed by atoms with Gasteiger partial charge in [0.2, 0.25) is 5.91 Å². The van der Waals surface area contributed by atoms with Gasteiger partial charge >= 0.3 is 0 Å². The Bertz CT molecular complexity index is 1170. The zero-order chi connectivity index (χ0) is 24.2. The number of amides is 2. The lowest BCUT2D eigenvalue weighted by atomic mass is 9.95. The SMILES string of the molecule is COc1ccc(C2Cn3cnc(C(=O)N4CCC(C(=O)NCc5ccccc5)CC4)c3CO2)cc1. The summed E-state index contributed by atoms with van der Waals surface area (Å²) in [5.41, 5.74) is 3.40. The van der Waals surface area contributed by atoms with Crippen molar-refractivity contribution < 1.29 is 19.1 Å². The van der Waals surface area contributed by atoms with Crippen molar-refractivity contribution in [2.75, 3.05) is 20.2 Å². The highest BCUT2D eigenvalue weighted by Crippen LogP contribution is 2.30. The molecule has 3 aromatic rings. The summed E-state index contributed by atoms with van der Waals surface area (Å²) in [6.07, 6.45) is 2.93. The predicted molar refractivity (Wildman–Crippen MR) is 130 cm³/mol. The number of methoxy groups -OCH3 is 1. The van der Waals surface area contributed by atoms with E-state index in [1.165, 1.54) is 0 Å². The summed E-state index contributed by atoms with van der Waals surface area (Å²) in [7, 11) is 1.64. The maximum Gasteiger partial charge on any atom is 0.274 e. The number of carbonyl (C=O) groups is 2. The summed E-state index contributed by atoms with van der Waals surface area (Å²) < 4.78 is 13.3. The third kappa shape index (κ3) is 5.07. The molecule has 3 heterocycles. The van der Waals surface area contributed by atoms with Crippen molar-refractivity contribution in [3.63, 3.8) is 0 Å². The highest BCUT2D eigenvalue weighted by atomic mass is 16.5. The van der Waals surface area contributed by atoms with Gasteiger partial charge in [0.15, 0.2) is 5.69 Å². The first-order chi connectivity index (χ1) is 17.1. The molecule has 0 radical (unpaired) electrons. The second-order valence-electron chi connectivity index (χ2n) is 9.03. The Hall–Kier alpha value is -3.65. The fourth-order valence-corrected chi connectivity index (χ4v) is 4.75. The van der Waals surface area contributed by atoms with Crippen LogP contribution in [-0.2, 0) is 29.2 Å². The van der Waals surface area contributed by atoms with Gasteiger partial charge in [-0.1, -0.05) is 42.5 Å². The van der Waals surface area contributed by atoms with Crippen LogP contribution in [0.4, 0.5) is 0 Å². The van der Waals surface area contributed by atoms with E-state index in [-0.39, 0.29) is 23.8 Å². The predicted octanol–water partition coefficient (Wildman–Crippen LogP) is 3.33. The fraction of sp³-hybridized carbons (Fsp3) is 0.370. The molecule has 1 N–H and O–H groups in total. The molecule has 2 aromatic carbocycles. The minimum Gasteiger partial charge on any atom is -0.497 e. The van der Waals surface area contributed by atoms with Crippen LogP contribution in [0.5, 0.6) is 5.75 Å². The van der Waals surface area contributed by atoms with Gasteiger partial charge in [-0.3, -0.25) is 9.59 Å². The Morgan fingerprint density at radius 2 is 1.83 bits per heavy atom. The molecule has 2 aliphatic rings. The van der Waals surface area contributed by atoms with E-state index in [1.54, 1.807) is 18.3 Å². The Labute approximate surface area is 204 Å². The molecule has 182 valence electrons. The maximum absolute atomic E-state index is 13.2. The van der Waals surface area contributed by atoms with Crippen LogP contribution < -0.4 is 10.1 Å². The first-order valence-electron chi connectivity index (χ1n) is 12.0. The van der Waals surface area contributed by atoms with E-state index in [9.17, 15) is 9.59 Å². The number of nitrogens with one attached hydrogen (secondary N) is 1. The third-order valence-corrected chi connectivity index (χ3v) is 6.88. The standard InChI is InChI=1S/C27H30N4O4/c1-34-22-9-7-20(8-10-22)24-16-31-18-29-25(23(31)17-35-24)27(33)30-13-11-21(12-14-30)26(32)28-15-19-5-3-2-4-6-19/h2-10,18,21,24H,11-17H2,1H3,(H,28,32). The van der Waals surface area contributed by atoms with Crippen LogP contribution in [0.2, 0.25) is 0 Å². The molecule has 0 saturated carbocycles. The lowest BCUT2D eigenvalue weighted by Crippen LogP contribution is -2.43. The number of piperidine rings is 1. The molecule has 35 heavy (non-hydrogen) atoms. The number of rotatable bonds is 6. The minimum atomic E-state index is -0.101. The maximum atomic E-state index is 13.2. The van der Waals surface area contributed by atoms with Crippen LogP contribution >= 0.6 is 0 Å². The number of carbonyl (C=O) groups excluding carboxylic acids is 2. The summed E-state index contributed by atoms with van der Waals surface area (Å²) in [6, 6.07) is 17.7. The second kappa shape index (κ2) is 10.3. The number of aromatic nitrogens is 2. The molecule has 1 unspecified atom stereocenters. The zero-order valence-corrected chi connectivity index (χ0v) is 19.9. The van der Waals surface area contributed by atoms with Gasteiger partial charge in [-0.25, -0.2) is 4.98 Å². The first-order valence-corrected chi connectivity index (χ1v) is 12.0. The molecule has 0 bridgehead atoms. The molecule has 1 saturated heterocycles. The van der Waals surface area contributed by atoms with Crippen molar-refractivity contribution >= 4 is 11.8 Å². The van der Waals surface area contributed by atoms with Gasteiger partial charge in [-0.05, 0) is 36.1 Å². The van der Waals surface area contributed by atoms with E-state index >= 15 is 0 Å². The number of hydrogen-bond acceptors (Lipinski definition) is 5. The molecule has 2 amide bonds. The third-order valence-electron chi connectivity index (χ3n) is 6.88. The highest BCUT2D eigenvalue weighted by Gasteiger charge is 2.32. The number of imidazole rings is 1. The van der Waals surface area contributed by atoms with E-state index in [2.05, 4.69) is 10.3 Å². The minimum absolute atomic E-state index is 0.0540. The number of nitrogens with zero attached hydrogens (tertiary/aromatic N) is 3. The van der Waals surface area contributed by atoms with Gasteiger partial charge in [0.05, 0.1) is 32.3 Å². The van der Waals surface area contributed by atoms with Gasteiger partial charge in [-0.15, -0.1) is 0 Å². The average Bonchev–Trinajstić information content (AvgIpc) is 3.35. The van der Waals surface area contributed by atoms with Gasteiger partial charge in [0.1, 0.15) is 11.9 Å². The van der Waals surface area contributed by atoms with E-state index in [4.69, 9.17) is 9.47 Å². The second-order valence-corrected chi connectivity index (χ2v) is 9.03. The largest absolute Gasteiger partial charge is 0.497 e. The molecule has 1 fully saturated rings. The normalized spacial score (nSPS) is 18.1. The highest BCUT2D eigenvalue weighted by molar-refractivity contribution is 5.93. The molecule has 5 rings (SSSR count). The first kappa shape index (κ1) is 23.1. The van der Waals surface area contributed by atoms with Crippen molar-refractivity contribution in [1.82, 2.24) is 19.8 Å². The van der Waals surface area contributed by atoms with E-state index in [0.717, 1.165) is 22.6 Å². The van der Waals surface area contributed by atoms with Crippen molar-refractivity contribution in [2.24, 2.45) is 5.92 Å². The summed E-state index contributed by atoms with van der Waals surface area (Å²) in [5, 5.41) is 3.02. The fourth-order valence-electron chi connectivity index (χ4n) is 4.75. The summed E-state index contributed by atoms with van der Waals surface area (Å²) in [5.74, 6) is 0.692. The van der Waals surface area contributed by atoms with Gasteiger partial charge in [0, 0.05) is 25.6 Å². The monoisotopic (exact) mass is 474 g/mol. The molecule has 1 aromatic heterocycles. The van der Waals surface area contributed by atoms with Crippen LogP contribution in [-0.4, -0.2) is 46.5 Å². The Morgan fingerprint density at radius 3 is 2.54 bits per heavy atom. The number of hydrogen-bond donors (Lipinski definition) is 1. The Morgan fingerprint density at radius 1 is 1.09 bits per heavy atom. The number of ether oxygens (including phenoxy) is 2.